The first-order valence-electron chi connectivity index (χ1n) is 9.43. The van der Waals surface area contributed by atoms with E-state index in [1.165, 1.54) is 0 Å². The summed E-state index contributed by atoms with van der Waals surface area (Å²) < 4.78 is 5.12. The van der Waals surface area contributed by atoms with Gasteiger partial charge >= 0.3 is 6.03 Å². The zero-order valence-corrected chi connectivity index (χ0v) is 15.6. The number of furan rings is 1. The van der Waals surface area contributed by atoms with Gasteiger partial charge in [0, 0.05) is 32.7 Å². The second kappa shape index (κ2) is 11.5. The maximum atomic E-state index is 11.7. The Morgan fingerprint density at radius 2 is 1.85 bits per heavy atom. The highest BCUT2D eigenvalue weighted by atomic mass is 16.3. The highest BCUT2D eigenvalue weighted by Gasteiger charge is 2.14. The number of carbonyl (C=O) groups excluding carboxylic acids is 2. The van der Waals surface area contributed by atoms with E-state index in [1.54, 1.807) is 18.4 Å². The molecule has 0 bridgehead atoms. The number of carbonyl (C=O) groups is 2. The van der Waals surface area contributed by atoms with E-state index in [0.717, 1.165) is 52.1 Å². The number of rotatable bonds is 10. The predicted octanol–water partition coefficient (Wildman–Crippen LogP) is 0.613. The molecule has 1 aliphatic rings. The molecule has 0 radical (unpaired) electrons. The Balaban J connectivity index is 1.43. The number of nitrogens with zero attached hydrogens (tertiary/aromatic N) is 2. The molecule has 0 saturated carbocycles. The largest absolute Gasteiger partial charge is 0.467 e. The standard InChI is InChI=1S/C18H31N5O3/c1-2-22-9-11-23(12-10-22)8-4-3-7-19-18(25)21-15-17(24)20-14-16-6-5-13-26-16/h5-6,13H,2-4,7-12,14-15H2,1H3,(H,20,24)(H2,19,21,25). The monoisotopic (exact) mass is 365 g/mol. The number of urea groups is 1. The molecule has 0 atom stereocenters. The summed E-state index contributed by atoms with van der Waals surface area (Å²) in [5, 5.41) is 8.02. The summed E-state index contributed by atoms with van der Waals surface area (Å²) in [5.74, 6) is 0.432. The summed E-state index contributed by atoms with van der Waals surface area (Å²) in [6.45, 7) is 9.88. The van der Waals surface area contributed by atoms with Gasteiger partial charge in [-0.05, 0) is 38.1 Å². The quantitative estimate of drug-likeness (QED) is 0.529. The molecule has 0 unspecified atom stereocenters. The van der Waals surface area contributed by atoms with Crippen molar-refractivity contribution in [2.45, 2.75) is 26.3 Å². The van der Waals surface area contributed by atoms with Crippen molar-refractivity contribution in [2.75, 3.05) is 52.4 Å². The summed E-state index contributed by atoms with van der Waals surface area (Å²) in [7, 11) is 0. The Bertz CT molecular complexity index is 527. The molecule has 0 aliphatic carbocycles. The molecule has 1 aromatic heterocycles. The Morgan fingerprint density at radius 3 is 2.54 bits per heavy atom. The van der Waals surface area contributed by atoms with Crippen LogP contribution in [0, 0.1) is 0 Å². The second-order valence-corrected chi connectivity index (χ2v) is 6.45. The van der Waals surface area contributed by atoms with Crippen molar-refractivity contribution in [3.05, 3.63) is 24.2 Å². The number of hydrogen-bond donors (Lipinski definition) is 3. The third-order valence-corrected chi connectivity index (χ3v) is 4.55. The second-order valence-electron chi connectivity index (χ2n) is 6.45. The maximum absolute atomic E-state index is 11.7. The van der Waals surface area contributed by atoms with E-state index in [4.69, 9.17) is 4.42 Å². The van der Waals surface area contributed by atoms with Gasteiger partial charge in [-0.15, -0.1) is 0 Å². The Hall–Kier alpha value is -2.06. The molecule has 2 rings (SSSR count). The van der Waals surface area contributed by atoms with E-state index >= 15 is 0 Å². The molecular formula is C18H31N5O3. The summed E-state index contributed by atoms with van der Waals surface area (Å²) >= 11 is 0. The molecule has 0 aromatic carbocycles. The zero-order valence-electron chi connectivity index (χ0n) is 15.6. The van der Waals surface area contributed by atoms with Crippen LogP contribution in [0.2, 0.25) is 0 Å². The number of nitrogens with one attached hydrogen (secondary N) is 3. The molecule has 2 heterocycles. The number of amides is 3. The first-order valence-corrected chi connectivity index (χ1v) is 9.43. The molecule has 3 amide bonds. The molecular weight excluding hydrogens is 334 g/mol. The van der Waals surface area contributed by atoms with Crippen LogP contribution in [-0.2, 0) is 11.3 Å². The Kier molecular flexibility index (Phi) is 8.99. The molecule has 8 nitrogen and oxygen atoms in total. The molecule has 8 heteroatoms. The van der Waals surface area contributed by atoms with Crippen molar-refractivity contribution in [3.63, 3.8) is 0 Å². The highest BCUT2D eigenvalue weighted by Crippen LogP contribution is 2.02. The van der Waals surface area contributed by atoms with Crippen molar-refractivity contribution in [3.8, 4) is 0 Å². The Morgan fingerprint density at radius 1 is 1.08 bits per heavy atom. The molecule has 1 aliphatic heterocycles. The van der Waals surface area contributed by atoms with Gasteiger partial charge in [-0.3, -0.25) is 4.79 Å². The van der Waals surface area contributed by atoms with Crippen molar-refractivity contribution in [2.24, 2.45) is 0 Å². The molecule has 146 valence electrons. The van der Waals surface area contributed by atoms with Gasteiger partial charge in [0.1, 0.15) is 5.76 Å². The molecule has 3 N–H and O–H groups in total. The van der Waals surface area contributed by atoms with Crippen LogP contribution >= 0.6 is 0 Å². The van der Waals surface area contributed by atoms with Crippen LogP contribution < -0.4 is 16.0 Å². The topological polar surface area (TPSA) is 89.9 Å². The van der Waals surface area contributed by atoms with Crippen molar-refractivity contribution in [1.82, 2.24) is 25.8 Å². The average molecular weight is 365 g/mol. The van der Waals surface area contributed by atoms with Crippen LogP contribution in [0.4, 0.5) is 4.79 Å². The van der Waals surface area contributed by atoms with E-state index in [1.807, 2.05) is 0 Å². The van der Waals surface area contributed by atoms with E-state index in [2.05, 4.69) is 32.7 Å². The minimum atomic E-state index is -0.310. The number of unbranched alkanes of at least 4 members (excludes halogenated alkanes) is 1. The summed E-state index contributed by atoms with van der Waals surface area (Å²) in [5.41, 5.74) is 0. The molecule has 1 saturated heterocycles. The first kappa shape index (κ1) is 20.3. The first-order chi connectivity index (χ1) is 12.7. The minimum absolute atomic E-state index is 0.0474. The van der Waals surface area contributed by atoms with Gasteiger partial charge in [0.2, 0.25) is 5.91 Å². The van der Waals surface area contributed by atoms with Gasteiger partial charge in [-0.25, -0.2) is 4.79 Å². The normalized spacial score (nSPS) is 15.6. The zero-order chi connectivity index (χ0) is 18.6. The smallest absolute Gasteiger partial charge is 0.315 e. The summed E-state index contributed by atoms with van der Waals surface area (Å²) in [6, 6.07) is 3.23. The van der Waals surface area contributed by atoms with Crippen LogP contribution in [0.3, 0.4) is 0 Å². The van der Waals surface area contributed by atoms with Gasteiger partial charge in [0.05, 0.1) is 19.4 Å². The SMILES string of the molecule is CCN1CCN(CCCCNC(=O)NCC(=O)NCc2ccco2)CC1. The molecule has 26 heavy (non-hydrogen) atoms. The maximum Gasteiger partial charge on any atom is 0.315 e. The van der Waals surface area contributed by atoms with Crippen LogP contribution in [0.1, 0.15) is 25.5 Å². The van der Waals surface area contributed by atoms with Crippen LogP contribution in [0.15, 0.2) is 22.8 Å². The van der Waals surface area contributed by atoms with Crippen LogP contribution in [0.25, 0.3) is 0 Å². The lowest BCUT2D eigenvalue weighted by Gasteiger charge is -2.33. The lowest BCUT2D eigenvalue weighted by Crippen LogP contribution is -2.46. The van der Waals surface area contributed by atoms with Gasteiger partial charge in [-0.2, -0.15) is 0 Å². The van der Waals surface area contributed by atoms with E-state index in [-0.39, 0.29) is 18.5 Å². The summed E-state index contributed by atoms with van der Waals surface area (Å²) in [4.78, 5) is 28.3. The summed E-state index contributed by atoms with van der Waals surface area (Å²) in [6.07, 6.45) is 3.56. The fraction of sp³-hybridized carbons (Fsp3) is 0.667. The van der Waals surface area contributed by atoms with E-state index < -0.39 is 0 Å². The Labute approximate surface area is 155 Å². The third-order valence-electron chi connectivity index (χ3n) is 4.55. The van der Waals surface area contributed by atoms with Gasteiger partial charge in [0.15, 0.2) is 0 Å². The van der Waals surface area contributed by atoms with Gasteiger partial charge < -0.3 is 30.2 Å². The predicted molar refractivity (Wildman–Crippen MR) is 99.7 cm³/mol. The molecule has 1 fully saturated rings. The van der Waals surface area contributed by atoms with Crippen molar-refractivity contribution in [1.29, 1.82) is 0 Å². The highest BCUT2D eigenvalue weighted by molar-refractivity contribution is 5.83. The van der Waals surface area contributed by atoms with Gasteiger partial charge in [0.25, 0.3) is 0 Å². The lowest BCUT2D eigenvalue weighted by atomic mass is 10.2. The van der Waals surface area contributed by atoms with Crippen molar-refractivity contribution >= 4 is 11.9 Å². The third kappa shape index (κ3) is 7.88. The fourth-order valence-corrected chi connectivity index (χ4v) is 2.88. The van der Waals surface area contributed by atoms with Crippen LogP contribution in [-0.4, -0.2) is 74.1 Å². The fourth-order valence-electron chi connectivity index (χ4n) is 2.88. The van der Waals surface area contributed by atoms with E-state index in [0.29, 0.717) is 18.8 Å². The van der Waals surface area contributed by atoms with Gasteiger partial charge in [-0.1, -0.05) is 6.92 Å². The lowest BCUT2D eigenvalue weighted by molar-refractivity contribution is -0.120. The number of hydrogen-bond acceptors (Lipinski definition) is 5. The number of likely N-dealkylation sites (N-methyl/N-ethyl adjacent to an activating group) is 1. The van der Waals surface area contributed by atoms with E-state index in [9.17, 15) is 9.59 Å². The van der Waals surface area contributed by atoms with Crippen LogP contribution in [0.5, 0.6) is 0 Å². The number of piperazine rings is 1. The average Bonchev–Trinajstić information content (AvgIpc) is 3.18. The molecule has 1 aromatic rings. The molecule has 0 spiro atoms. The minimum Gasteiger partial charge on any atom is -0.467 e. The van der Waals surface area contributed by atoms with Crippen molar-refractivity contribution < 1.29 is 14.0 Å².